The maximum atomic E-state index is 12.2. The van der Waals surface area contributed by atoms with Crippen LogP contribution in [0, 0.1) is 6.92 Å². The van der Waals surface area contributed by atoms with E-state index in [1.807, 2.05) is 62.3 Å². The Kier molecular flexibility index (Phi) is 8.41. The van der Waals surface area contributed by atoms with Crippen LogP contribution in [0.3, 0.4) is 0 Å². The summed E-state index contributed by atoms with van der Waals surface area (Å²) in [5.41, 5.74) is 3.50. The smallest absolute Gasteiger partial charge is 0.308 e. The van der Waals surface area contributed by atoms with Crippen LogP contribution >= 0.6 is 0 Å². The molecule has 0 aromatic heterocycles. The van der Waals surface area contributed by atoms with Gasteiger partial charge in [-0.3, -0.25) is 14.4 Å². The van der Waals surface area contributed by atoms with Gasteiger partial charge in [0.2, 0.25) is 0 Å². The quantitative estimate of drug-likeness (QED) is 0.641. The summed E-state index contributed by atoms with van der Waals surface area (Å²) in [5, 5.41) is 2.69. The first-order valence-corrected chi connectivity index (χ1v) is 9.77. The second-order valence-corrected chi connectivity index (χ2v) is 7.29. The maximum absolute atomic E-state index is 12.2. The lowest BCUT2D eigenvalue weighted by Crippen LogP contribution is -2.32. The van der Waals surface area contributed by atoms with Gasteiger partial charge < -0.3 is 19.9 Å². The van der Waals surface area contributed by atoms with Crippen molar-refractivity contribution in [1.29, 1.82) is 0 Å². The van der Waals surface area contributed by atoms with Crippen molar-refractivity contribution in [2.45, 2.75) is 19.9 Å². The molecule has 0 radical (unpaired) electrons. The number of amides is 2. The van der Waals surface area contributed by atoms with E-state index in [9.17, 15) is 14.4 Å². The Labute approximate surface area is 177 Å². The van der Waals surface area contributed by atoms with Crippen molar-refractivity contribution in [1.82, 2.24) is 10.2 Å². The maximum Gasteiger partial charge on any atom is 0.308 e. The van der Waals surface area contributed by atoms with Crippen molar-refractivity contribution in [2.75, 3.05) is 39.2 Å². The van der Waals surface area contributed by atoms with E-state index >= 15 is 0 Å². The summed E-state index contributed by atoms with van der Waals surface area (Å²) in [6, 6.07) is 15.1. The standard InChI is InChI=1S/C23H29N3O4/c1-17-7-5-6-8-20(17)23(29)24-14-13-22(28)30-16-21(27)26(4)15-18-9-11-19(12-10-18)25(2)3/h5-12H,13-16H2,1-4H3,(H,24,29). The summed E-state index contributed by atoms with van der Waals surface area (Å²) in [5.74, 6) is -1.06. The molecule has 2 aromatic rings. The molecule has 2 rings (SSSR count). The Morgan fingerprint density at radius 2 is 1.63 bits per heavy atom. The van der Waals surface area contributed by atoms with Gasteiger partial charge in [0.1, 0.15) is 0 Å². The third kappa shape index (κ3) is 6.92. The van der Waals surface area contributed by atoms with Crippen molar-refractivity contribution < 1.29 is 19.1 Å². The van der Waals surface area contributed by atoms with Gasteiger partial charge in [-0.25, -0.2) is 0 Å². The Morgan fingerprint density at radius 3 is 2.27 bits per heavy atom. The predicted molar refractivity (Wildman–Crippen MR) is 116 cm³/mol. The van der Waals surface area contributed by atoms with Gasteiger partial charge in [0.15, 0.2) is 6.61 Å². The molecule has 30 heavy (non-hydrogen) atoms. The summed E-state index contributed by atoms with van der Waals surface area (Å²) < 4.78 is 5.04. The Hall–Kier alpha value is -3.35. The minimum Gasteiger partial charge on any atom is -0.456 e. The summed E-state index contributed by atoms with van der Waals surface area (Å²) >= 11 is 0. The molecule has 2 amide bonds. The van der Waals surface area contributed by atoms with Gasteiger partial charge in [-0.2, -0.15) is 0 Å². The van der Waals surface area contributed by atoms with Gasteiger partial charge in [-0.15, -0.1) is 0 Å². The highest BCUT2D eigenvalue weighted by atomic mass is 16.5. The van der Waals surface area contributed by atoms with Gasteiger partial charge in [0, 0.05) is 45.5 Å². The van der Waals surface area contributed by atoms with Crippen LogP contribution in [0.4, 0.5) is 5.69 Å². The third-order valence-electron chi connectivity index (χ3n) is 4.66. The van der Waals surface area contributed by atoms with E-state index in [0.29, 0.717) is 12.1 Å². The number of nitrogens with one attached hydrogen (secondary N) is 1. The normalized spacial score (nSPS) is 10.3. The number of esters is 1. The molecule has 7 nitrogen and oxygen atoms in total. The Morgan fingerprint density at radius 1 is 0.967 bits per heavy atom. The van der Waals surface area contributed by atoms with Crippen LogP contribution in [0.15, 0.2) is 48.5 Å². The molecule has 0 heterocycles. The number of hydrogen-bond acceptors (Lipinski definition) is 5. The largest absolute Gasteiger partial charge is 0.456 e. The predicted octanol–water partition coefficient (Wildman–Crippen LogP) is 2.38. The van der Waals surface area contributed by atoms with Crippen LogP contribution in [0.1, 0.15) is 27.9 Å². The first-order chi connectivity index (χ1) is 14.3. The SMILES string of the molecule is Cc1ccccc1C(=O)NCCC(=O)OCC(=O)N(C)Cc1ccc(N(C)C)cc1. The van der Waals surface area contributed by atoms with Crippen LogP contribution in [0.2, 0.25) is 0 Å². The molecule has 2 aromatic carbocycles. The first kappa shape index (κ1) is 22.9. The van der Waals surface area contributed by atoms with Gasteiger partial charge in [0.25, 0.3) is 11.8 Å². The molecule has 0 atom stereocenters. The molecule has 1 N–H and O–H groups in total. The molecule has 0 fully saturated rings. The summed E-state index contributed by atoms with van der Waals surface area (Å²) in [6.07, 6.45) is 0.000608. The Balaban J connectivity index is 1.70. The molecule has 0 aliphatic carbocycles. The average Bonchev–Trinajstić information content (AvgIpc) is 2.72. The summed E-state index contributed by atoms with van der Waals surface area (Å²) in [4.78, 5) is 39.7. The van der Waals surface area contributed by atoms with E-state index in [0.717, 1.165) is 16.8 Å². The number of likely N-dealkylation sites (N-methyl/N-ethyl adjacent to an activating group) is 1. The number of aryl methyl sites for hydroxylation is 1. The lowest BCUT2D eigenvalue weighted by atomic mass is 10.1. The molecule has 0 spiro atoms. The summed E-state index contributed by atoms with van der Waals surface area (Å²) in [6.45, 7) is 2.10. The number of carbonyl (C=O) groups is 3. The fraction of sp³-hybridized carbons (Fsp3) is 0.348. The van der Waals surface area contributed by atoms with Gasteiger partial charge in [0.05, 0.1) is 6.42 Å². The molecule has 0 aliphatic heterocycles. The van der Waals surface area contributed by atoms with Gasteiger partial charge in [-0.1, -0.05) is 30.3 Å². The van der Waals surface area contributed by atoms with Crippen LogP contribution in [-0.2, 0) is 20.9 Å². The molecule has 0 saturated carbocycles. The first-order valence-electron chi connectivity index (χ1n) is 9.77. The van der Waals surface area contributed by atoms with Gasteiger partial charge in [-0.05, 0) is 36.2 Å². The number of ether oxygens (including phenoxy) is 1. The number of anilines is 1. The highest BCUT2D eigenvalue weighted by Crippen LogP contribution is 2.13. The lowest BCUT2D eigenvalue weighted by molar-refractivity contribution is -0.151. The Bertz CT molecular complexity index is 878. The zero-order chi connectivity index (χ0) is 22.1. The molecular formula is C23H29N3O4. The van der Waals surface area contributed by atoms with Crippen molar-refractivity contribution in [3.8, 4) is 0 Å². The second kappa shape index (κ2) is 11.0. The number of hydrogen-bond donors (Lipinski definition) is 1. The molecular weight excluding hydrogens is 382 g/mol. The molecule has 0 aliphatic rings. The second-order valence-electron chi connectivity index (χ2n) is 7.29. The minimum absolute atomic E-state index is 0.000608. The molecule has 160 valence electrons. The van der Waals surface area contributed by atoms with Crippen molar-refractivity contribution in [2.24, 2.45) is 0 Å². The number of benzene rings is 2. The molecule has 7 heteroatoms. The molecule has 0 saturated heterocycles. The van der Waals surface area contributed by atoms with E-state index in [1.54, 1.807) is 19.2 Å². The van der Waals surface area contributed by atoms with Crippen molar-refractivity contribution in [3.63, 3.8) is 0 Å². The van der Waals surface area contributed by atoms with E-state index in [1.165, 1.54) is 4.90 Å². The number of nitrogens with zero attached hydrogens (tertiary/aromatic N) is 2. The number of rotatable bonds is 9. The third-order valence-corrected chi connectivity index (χ3v) is 4.66. The van der Waals surface area contributed by atoms with E-state index < -0.39 is 5.97 Å². The fourth-order valence-electron chi connectivity index (χ4n) is 2.79. The van der Waals surface area contributed by atoms with Gasteiger partial charge >= 0.3 is 5.97 Å². The topological polar surface area (TPSA) is 78.9 Å². The van der Waals surface area contributed by atoms with Crippen LogP contribution < -0.4 is 10.2 Å². The highest BCUT2D eigenvalue weighted by Gasteiger charge is 2.14. The summed E-state index contributed by atoms with van der Waals surface area (Å²) in [7, 11) is 5.60. The highest BCUT2D eigenvalue weighted by molar-refractivity contribution is 5.95. The zero-order valence-electron chi connectivity index (χ0n) is 18.0. The van der Waals surface area contributed by atoms with Crippen molar-refractivity contribution in [3.05, 3.63) is 65.2 Å². The average molecular weight is 412 g/mol. The van der Waals surface area contributed by atoms with E-state index in [4.69, 9.17) is 4.74 Å². The number of carbonyl (C=O) groups excluding carboxylic acids is 3. The van der Waals surface area contributed by atoms with E-state index in [-0.39, 0.29) is 31.4 Å². The molecule has 0 unspecified atom stereocenters. The minimum atomic E-state index is -0.530. The van der Waals surface area contributed by atoms with E-state index in [2.05, 4.69) is 5.32 Å². The van der Waals surface area contributed by atoms with Crippen molar-refractivity contribution >= 4 is 23.5 Å². The van der Waals surface area contributed by atoms with Crippen LogP contribution in [0.25, 0.3) is 0 Å². The van der Waals surface area contributed by atoms with Crippen LogP contribution in [-0.4, -0.2) is 57.0 Å². The zero-order valence-corrected chi connectivity index (χ0v) is 18.0. The van der Waals surface area contributed by atoms with Crippen LogP contribution in [0.5, 0.6) is 0 Å². The monoisotopic (exact) mass is 411 g/mol. The fourth-order valence-corrected chi connectivity index (χ4v) is 2.79. The molecule has 0 bridgehead atoms. The lowest BCUT2D eigenvalue weighted by Gasteiger charge is -2.18.